The van der Waals surface area contributed by atoms with E-state index in [0.717, 1.165) is 12.1 Å². The van der Waals surface area contributed by atoms with E-state index in [4.69, 9.17) is 11.6 Å². The smallest absolute Gasteiger partial charge is 0.232 e. The maximum atomic E-state index is 14.8. The minimum Gasteiger partial charge on any atom is -0.346 e. The third kappa shape index (κ3) is 3.89. The molecule has 0 spiro atoms. The molecule has 0 aliphatic carbocycles. The second kappa shape index (κ2) is 7.40. The number of benzene rings is 1. The van der Waals surface area contributed by atoms with Crippen molar-refractivity contribution in [1.82, 2.24) is 4.98 Å². The zero-order chi connectivity index (χ0) is 19.8. The number of nitrogens with one attached hydrogen (secondary N) is 2. The average Bonchev–Trinajstić information content (AvgIpc) is 3.00. The molecule has 2 N–H and O–H groups in total. The highest BCUT2D eigenvalue weighted by molar-refractivity contribution is 7.92. The maximum Gasteiger partial charge on any atom is 0.232 e. The second-order valence-electron chi connectivity index (χ2n) is 6.00. The van der Waals surface area contributed by atoms with Crippen LogP contribution in [0.3, 0.4) is 0 Å². The van der Waals surface area contributed by atoms with Crippen LogP contribution >= 0.6 is 11.6 Å². The van der Waals surface area contributed by atoms with E-state index >= 15 is 0 Å². The summed E-state index contributed by atoms with van der Waals surface area (Å²) in [6.07, 6.45) is 3.65. The number of halogens is 3. The number of rotatable bonds is 6. The van der Waals surface area contributed by atoms with E-state index in [1.54, 1.807) is 13.0 Å². The highest BCUT2D eigenvalue weighted by Gasteiger charge is 2.25. The van der Waals surface area contributed by atoms with Gasteiger partial charge in [0, 0.05) is 23.4 Å². The highest BCUT2D eigenvalue weighted by atomic mass is 35.5. The lowest BCUT2D eigenvalue weighted by Crippen LogP contribution is -2.32. The normalized spacial score (nSPS) is 16.2. The van der Waals surface area contributed by atoms with Crippen molar-refractivity contribution in [2.24, 2.45) is 4.99 Å². The number of ketones is 1. The van der Waals surface area contributed by atoms with Crippen molar-refractivity contribution in [1.29, 1.82) is 0 Å². The Bertz CT molecular complexity index is 1130. The van der Waals surface area contributed by atoms with Gasteiger partial charge in [0.15, 0.2) is 5.82 Å². The van der Waals surface area contributed by atoms with Gasteiger partial charge in [-0.3, -0.25) is 9.52 Å². The molecular formula is C17H16ClF2N3O3S. The number of sulfonamides is 1. The summed E-state index contributed by atoms with van der Waals surface area (Å²) >= 11 is 5.92. The number of fused-ring (bicyclic) bond motifs is 1. The number of alkyl halides is 1. The first-order valence-electron chi connectivity index (χ1n) is 8.16. The Morgan fingerprint density at radius 1 is 1.41 bits per heavy atom. The topological polar surface area (TPSA) is 91.4 Å². The van der Waals surface area contributed by atoms with Crippen molar-refractivity contribution >= 4 is 39.2 Å². The number of carbonyl (C=O) groups is 1. The van der Waals surface area contributed by atoms with Crippen LogP contribution in [-0.2, 0) is 10.0 Å². The Labute approximate surface area is 159 Å². The molecule has 0 fully saturated rings. The van der Waals surface area contributed by atoms with Gasteiger partial charge in [-0.05, 0) is 18.6 Å². The Morgan fingerprint density at radius 3 is 2.85 bits per heavy atom. The Morgan fingerprint density at radius 2 is 2.15 bits per heavy atom. The quantitative estimate of drug-likeness (QED) is 0.429. The molecule has 0 radical (unpaired) electrons. The Hall–Kier alpha value is -2.26. The fourth-order valence-electron chi connectivity index (χ4n) is 2.79. The van der Waals surface area contributed by atoms with Gasteiger partial charge in [0.1, 0.15) is 16.8 Å². The molecule has 144 valence electrons. The van der Waals surface area contributed by atoms with Gasteiger partial charge in [0.2, 0.25) is 15.8 Å². The summed E-state index contributed by atoms with van der Waals surface area (Å²) in [5, 5.41) is 0.410. The largest absolute Gasteiger partial charge is 0.346 e. The van der Waals surface area contributed by atoms with E-state index < -0.39 is 44.2 Å². The van der Waals surface area contributed by atoms with Crippen molar-refractivity contribution in [3.63, 3.8) is 0 Å². The molecule has 1 aromatic heterocycles. The van der Waals surface area contributed by atoms with Crippen LogP contribution in [0.2, 0.25) is 0 Å². The predicted octanol–water partition coefficient (Wildman–Crippen LogP) is 2.04. The van der Waals surface area contributed by atoms with E-state index in [2.05, 4.69) is 14.7 Å². The van der Waals surface area contributed by atoms with E-state index in [9.17, 15) is 22.0 Å². The molecule has 27 heavy (non-hydrogen) atoms. The van der Waals surface area contributed by atoms with Gasteiger partial charge in [-0.25, -0.2) is 22.2 Å². The van der Waals surface area contributed by atoms with Gasteiger partial charge < -0.3 is 4.98 Å². The van der Waals surface area contributed by atoms with Crippen LogP contribution in [0, 0.1) is 11.6 Å². The number of hydrogen-bond acceptors (Lipinski definition) is 4. The Kier molecular flexibility index (Phi) is 5.34. The lowest BCUT2D eigenvalue weighted by molar-refractivity contribution is 0.103. The first-order chi connectivity index (χ1) is 12.7. The predicted molar refractivity (Wildman–Crippen MR) is 97.8 cm³/mol. The van der Waals surface area contributed by atoms with Crippen LogP contribution in [0.15, 0.2) is 23.3 Å². The van der Waals surface area contributed by atoms with Crippen LogP contribution in [0.1, 0.15) is 35.7 Å². The standard InChI is InChI=1S/C17H16ClF2N3O3S/c1-2-7-27(25,26)23-12-5-4-11(19)14(15(12)20)16(24)10-8-21-17-9(10)3-6-13(18)22-17/h3-5,8,13,23H,2,6-7H2,1H3,(H,21,22). The van der Waals surface area contributed by atoms with Crippen LogP contribution in [0.4, 0.5) is 14.5 Å². The second-order valence-corrected chi connectivity index (χ2v) is 8.35. The number of H-pyrrole nitrogens is 1. The molecule has 1 aliphatic heterocycles. The number of aromatic amines is 1. The zero-order valence-electron chi connectivity index (χ0n) is 14.2. The van der Waals surface area contributed by atoms with Crippen LogP contribution < -0.4 is 15.4 Å². The number of aromatic nitrogens is 1. The van der Waals surface area contributed by atoms with E-state index in [1.807, 2.05) is 0 Å². The maximum absolute atomic E-state index is 14.8. The molecule has 2 heterocycles. The molecule has 2 aromatic rings. The van der Waals surface area contributed by atoms with Gasteiger partial charge in [-0.1, -0.05) is 24.6 Å². The average molecular weight is 416 g/mol. The lowest BCUT2D eigenvalue weighted by atomic mass is 10.0. The van der Waals surface area contributed by atoms with Gasteiger partial charge in [-0.2, -0.15) is 0 Å². The molecular weight excluding hydrogens is 400 g/mol. The molecule has 0 bridgehead atoms. The highest BCUT2D eigenvalue weighted by Crippen LogP contribution is 2.24. The minimum absolute atomic E-state index is 0.0312. The van der Waals surface area contributed by atoms with Crippen molar-refractivity contribution in [2.45, 2.75) is 25.3 Å². The number of carbonyl (C=O) groups excluding carboxylic acids is 1. The summed E-state index contributed by atoms with van der Waals surface area (Å²) in [4.78, 5) is 19.7. The van der Waals surface area contributed by atoms with Gasteiger partial charge in [0.05, 0.1) is 17.0 Å². The van der Waals surface area contributed by atoms with Crippen LogP contribution in [-0.4, -0.2) is 30.4 Å². The number of anilines is 1. The summed E-state index contributed by atoms with van der Waals surface area (Å²) in [5.41, 5.74) is -1.42. The molecule has 6 nitrogen and oxygen atoms in total. The van der Waals surface area contributed by atoms with Crippen molar-refractivity contribution < 1.29 is 22.0 Å². The fourth-order valence-corrected chi connectivity index (χ4v) is 4.11. The van der Waals surface area contributed by atoms with Crippen molar-refractivity contribution in [2.75, 3.05) is 10.5 Å². The SMILES string of the molecule is CCCS(=O)(=O)Nc1ccc(F)c(C(=O)c2c[nH]c3c2=CCC(Cl)N=3)c1F. The molecule has 1 unspecified atom stereocenters. The first kappa shape index (κ1) is 19.5. The summed E-state index contributed by atoms with van der Waals surface area (Å²) in [5.74, 6) is -3.50. The fraction of sp³-hybridized carbons (Fsp3) is 0.294. The lowest BCUT2D eigenvalue weighted by Gasteiger charge is -2.11. The molecule has 0 saturated carbocycles. The zero-order valence-corrected chi connectivity index (χ0v) is 15.8. The van der Waals surface area contributed by atoms with Crippen molar-refractivity contribution in [3.05, 3.63) is 51.8 Å². The van der Waals surface area contributed by atoms with E-state index in [0.29, 0.717) is 23.5 Å². The molecule has 1 aliphatic rings. The number of nitrogens with zero attached hydrogens (tertiary/aromatic N) is 1. The third-order valence-electron chi connectivity index (χ3n) is 3.99. The third-order valence-corrected chi connectivity index (χ3v) is 5.74. The van der Waals surface area contributed by atoms with Gasteiger partial charge in [-0.15, -0.1) is 0 Å². The number of hydrogen-bond donors (Lipinski definition) is 2. The van der Waals surface area contributed by atoms with Crippen molar-refractivity contribution in [3.8, 4) is 0 Å². The summed E-state index contributed by atoms with van der Waals surface area (Å²) in [7, 11) is -3.80. The summed E-state index contributed by atoms with van der Waals surface area (Å²) in [6.45, 7) is 1.65. The molecule has 0 saturated heterocycles. The molecule has 10 heteroatoms. The van der Waals surface area contributed by atoms with Gasteiger partial charge in [0.25, 0.3) is 0 Å². The molecule has 0 amide bonds. The van der Waals surface area contributed by atoms with E-state index in [1.165, 1.54) is 6.20 Å². The monoisotopic (exact) mass is 415 g/mol. The van der Waals surface area contributed by atoms with Crippen LogP contribution in [0.5, 0.6) is 0 Å². The minimum atomic E-state index is -3.80. The molecule has 3 rings (SSSR count). The summed E-state index contributed by atoms with van der Waals surface area (Å²) in [6, 6.07) is 1.79. The van der Waals surface area contributed by atoms with Gasteiger partial charge >= 0.3 is 0 Å². The molecule has 1 aromatic carbocycles. The Balaban J connectivity index is 2.07. The van der Waals surface area contributed by atoms with E-state index in [-0.39, 0.29) is 11.3 Å². The first-order valence-corrected chi connectivity index (χ1v) is 10.2. The molecule has 1 atom stereocenters. The summed E-state index contributed by atoms with van der Waals surface area (Å²) < 4.78 is 54.8. The van der Waals surface area contributed by atoms with Crippen LogP contribution in [0.25, 0.3) is 6.08 Å².